The van der Waals surface area contributed by atoms with Crippen LogP contribution in [-0.2, 0) is 11.3 Å². The van der Waals surface area contributed by atoms with Crippen molar-refractivity contribution in [2.24, 2.45) is 23.2 Å². The second-order valence-electron chi connectivity index (χ2n) is 8.97. The van der Waals surface area contributed by atoms with Crippen molar-refractivity contribution in [3.05, 3.63) is 29.3 Å². The van der Waals surface area contributed by atoms with E-state index in [1.165, 1.54) is 19.3 Å². The summed E-state index contributed by atoms with van der Waals surface area (Å²) in [6.07, 6.45) is 7.50. The van der Waals surface area contributed by atoms with Crippen LogP contribution in [-0.4, -0.2) is 26.3 Å². The van der Waals surface area contributed by atoms with Crippen molar-refractivity contribution >= 4 is 29.1 Å². The molecule has 4 aliphatic carbocycles. The third-order valence-corrected chi connectivity index (χ3v) is 8.28. The minimum absolute atomic E-state index is 0.0331. The highest BCUT2D eigenvalue weighted by Gasteiger charge is 2.54. The lowest BCUT2D eigenvalue weighted by Crippen LogP contribution is -2.50. The normalized spacial score (nSPS) is 30.7. The molecule has 4 bridgehead atoms. The van der Waals surface area contributed by atoms with Crippen LogP contribution in [0.1, 0.15) is 45.4 Å². The van der Waals surface area contributed by atoms with Gasteiger partial charge in [0.1, 0.15) is 5.78 Å². The molecule has 1 aromatic heterocycles. The van der Waals surface area contributed by atoms with Gasteiger partial charge in [-0.2, -0.15) is 0 Å². The summed E-state index contributed by atoms with van der Waals surface area (Å²) < 4.78 is 2.09. The Morgan fingerprint density at radius 2 is 1.86 bits per heavy atom. The van der Waals surface area contributed by atoms with Gasteiger partial charge in [0, 0.05) is 22.5 Å². The molecule has 0 atom stereocenters. The maximum atomic E-state index is 13.3. The van der Waals surface area contributed by atoms with Crippen molar-refractivity contribution in [1.29, 1.82) is 0 Å². The van der Waals surface area contributed by atoms with E-state index in [9.17, 15) is 4.79 Å². The van der Waals surface area contributed by atoms with Gasteiger partial charge in [-0.05, 0) is 75.3 Å². The fraction of sp³-hybridized carbons (Fsp3) is 0.591. The Balaban J connectivity index is 1.33. The first-order chi connectivity index (χ1) is 13.6. The molecule has 2 aromatic rings. The number of rotatable bonds is 6. The largest absolute Gasteiger partial charge is 0.302 e. The van der Waals surface area contributed by atoms with Gasteiger partial charge < -0.3 is 4.57 Å². The molecular formula is C22H26ClN3OS. The second-order valence-corrected chi connectivity index (χ2v) is 10.3. The first-order valence-corrected chi connectivity index (χ1v) is 11.8. The van der Waals surface area contributed by atoms with E-state index in [0.717, 1.165) is 60.1 Å². The highest BCUT2D eigenvalue weighted by Crippen LogP contribution is 2.60. The molecule has 1 heterocycles. The summed E-state index contributed by atoms with van der Waals surface area (Å²) in [5.74, 6) is 4.18. The Hall–Kier alpha value is -1.33. The molecule has 4 saturated carbocycles. The van der Waals surface area contributed by atoms with Gasteiger partial charge in [0.05, 0.1) is 5.75 Å². The van der Waals surface area contributed by atoms with Gasteiger partial charge in [-0.15, -0.1) is 10.2 Å². The van der Waals surface area contributed by atoms with E-state index in [1.54, 1.807) is 11.8 Å². The molecule has 0 aliphatic heterocycles. The van der Waals surface area contributed by atoms with Crippen LogP contribution in [0.15, 0.2) is 29.4 Å². The zero-order valence-corrected chi connectivity index (χ0v) is 17.8. The van der Waals surface area contributed by atoms with Gasteiger partial charge in [-0.3, -0.25) is 4.79 Å². The van der Waals surface area contributed by atoms with Crippen LogP contribution in [0.4, 0.5) is 0 Å². The van der Waals surface area contributed by atoms with E-state index < -0.39 is 0 Å². The minimum atomic E-state index is -0.0331. The maximum Gasteiger partial charge on any atom is 0.191 e. The van der Waals surface area contributed by atoms with Crippen LogP contribution in [0.25, 0.3) is 11.4 Å². The number of carbonyl (C=O) groups is 1. The predicted octanol–water partition coefficient (Wildman–Crippen LogP) is 5.50. The Morgan fingerprint density at radius 3 is 2.46 bits per heavy atom. The number of benzene rings is 1. The van der Waals surface area contributed by atoms with E-state index in [2.05, 4.69) is 21.7 Å². The zero-order valence-electron chi connectivity index (χ0n) is 16.2. The van der Waals surface area contributed by atoms with Crippen LogP contribution in [0.2, 0.25) is 5.02 Å². The molecule has 0 amide bonds. The van der Waals surface area contributed by atoms with Gasteiger partial charge in [-0.1, -0.05) is 35.5 Å². The molecule has 4 nitrogen and oxygen atoms in total. The Labute approximate surface area is 175 Å². The summed E-state index contributed by atoms with van der Waals surface area (Å²) >= 11 is 7.70. The molecule has 0 N–H and O–H groups in total. The van der Waals surface area contributed by atoms with Crippen LogP contribution < -0.4 is 0 Å². The molecule has 148 valence electrons. The van der Waals surface area contributed by atoms with E-state index >= 15 is 0 Å². The topological polar surface area (TPSA) is 47.8 Å². The van der Waals surface area contributed by atoms with Crippen molar-refractivity contribution in [3.8, 4) is 11.4 Å². The monoisotopic (exact) mass is 415 g/mol. The van der Waals surface area contributed by atoms with Crippen molar-refractivity contribution in [2.45, 2.75) is 57.1 Å². The molecule has 6 rings (SSSR count). The standard InChI is InChI=1S/C22H26ClN3OS/c1-2-26-20(17-4-3-5-18(23)9-17)24-25-21(26)28-13-19(27)22-10-14-6-15(11-22)8-16(7-14)12-22/h3-5,9,14-16H,2,6-8,10-13H2,1H3. The summed E-state index contributed by atoms with van der Waals surface area (Å²) in [6.45, 7) is 2.85. The summed E-state index contributed by atoms with van der Waals surface area (Å²) in [7, 11) is 0. The third-order valence-electron chi connectivity index (χ3n) is 7.08. The number of Topliss-reactive ketones (excluding diaryl/α,β-unsaturated/α-hetero) is 1. The number of thioether (sulfide) groups is 1. The fourth-order valence-electron chi connectivity index (χ4n) is 6.26. The number of ketones is 1. The molecule has 1 aromatic carbocycles. The molecule has 6 heteroatoms. The zero-order chi connectivity index (χ0) is 19.3. The molecule has 4 aliphatic rings. The van der Waals surface area contributed by atoms with Crippen LogP contribution in [0, 0.1) is 23.2 Å². The average molecular weight is 416 g/mol. The maximum absolute atomic E-state index is 13.3. The Bertz CT molecular complexity index is 874. The summed E-state index contributed by atoms with van der Waals surface area (Å²) in [5, 5.41) is 10.3. The van der Waals surface area contributed by atoms with Gasteiger partial charge >= 0.3 is 0 Å². The van der Waals surface area contributed by atoms with Crippen LogP contribution in [0.5, 0.6) is 0 Å². The van der Waals surface area contributed by atoms with Gasteiger partial charge in [0.2, 0.25) is 0 Å². The van der Waals surface area contributed by atoms with Crippen LogP contribution >= 0.6 is 23.4 Å². The van der Waals surface area contributed by atoms with E-state index in [1.807, 2.05) is 24.3 Å². The SMILES string of the molecule is CCn1c(SCC(=O)C23CC4CC(CC(C4)C2)C3)nnc1-c1cccc(Cl)c1. The highest BCUT2D eigenvalue weighted by atomic mass is 35.5. The number of hydrogen-bond donors (Lipinski definition) is 0. The molecule has 0 spiro atoms. The second kappa shape index (κ2) is 7.17. The summed E-state index contributed by atoms with van der Waals surface area (Å²) in [4.78, 5) is 13.3. The molecule has 0 unspecified atom stereocenters. The van der Waals surface area contributed by atoms with Crippen LogP contribution in [0.3, 0.4) is 0 Å². The Morgan fingerprint density at radius 1 is 1.18 bits per heavy atom. The van der Waals surface area contributed by atoms with Crippen molar-refractivity contribution in [3.63, 3.8) is 0 Å². The predicted molar refractivity (Wildman–Crippen MR) is 112 cm³/mol. The highest BCUT2D eigenvalue weighted by molar-refractivity contribution is 7.99. The molecule has 0 saturated heterocycles. The van der Waals surface area contributed by atoms with Gasteiger partial charge in [-0.25, -0.2) is 0 Å². The van der Waals surface area contributed by atoms with E-state index in [4.69, 9.17) is 11.6 Å². The van der Waals surface area contributed by atoms with E-state index in [0.29, 0.717) is 16.6 Å². The molecule has 0 radical (unpaired) electrons. The summed E-state index contributed by atoms with van der Waals surface area (Å²) in [5.41, 5.74) is 0.926. The fourth-order valence-corrected chi connectivity index (χ4v) is 7.48. The number of nitrogens with zero attached hydrogens (tertiary/aromatic N) is 3. The lowest BCUT2D eigenvalue weighted by molar-refractivity contribution is -0.141. The molecular weight excluding hydrogens is 390 g/mol. The first-order valence-electron chi connectivity index (χ1n) is 10.4. The number of halogens is 1. The smallest absolute Gasteiger partial charge is 0.191 e. The average Bonchev–Trinajstić information content (AvgIpc) is 3.08. The lowest BCUT2D eigenvalue weighted by Gasteiger charge is -2.56. The van der Waals surface area contributed by atoms with Crippen molar-refractivity contribution in [2.75, 3.05) is 5.75 Å². The first kappa shape index (κ1) is 18.7. The Kier molecular flexibility index (Phi) is 4.79. The number of carbonyl (C=O) groups excluding carboxylic acids is 1. The molecule has 28 heavy (non-hydrogen) atoms. The van der Waals surface area contributed by atoms with E-state index in [-0.39, 0.29) is 5.41 Å². The number of aromatic nitrogens is 3. The van der Waals surface area contributed by atoms with Crippen molar-refractivity contribution < 1.29 is 4.79 Å². The van der Waals surface area contributed by atoms with Crippen molar-refractivity contribution in [1.82, 2.24) is 14.8 Å². The number of hydrogen-bond acceptors (Lipinski definition) is 4. The minimum Gasteiger partial charge on any atom is -0.302 e. The van der Waals surface area contributed by atoms with Gasteiger partial charge in [0.15, 0.2) is 11.0 Å². The van der Waals surface area contributed by atoms with Gasteiger partial charge in [0.25, 0.3) is 0 Å². The summed E-state index contributed by atoms with van der Waals surface area (Å²) in [6, 6.07) is 7.69. The lowest BCUT2D eigenvalue weighted by atomic mass is 9.48. The quantitative estimate of drug-likeness (QED) is 0.584. The third kappa shape index (κ3) is 3.21. The molecule has 4 fully saturated rings.